The first-order valence-corrected chi connectivity index (χ1v) is 20.9. The number of carbonyl (C=O) groups excluding carboxylic acids is 6. The zero-order chi connectivity index (χ0) is 47.4. The highest BCUT2D eigenvalue weighted by atomic mass is 16.4. The third kappa shape index (κ3) is 20.2. The molecule has 2 aromatic rings. The predicted molar refractivity (Wildman–Crippen MR) is 232 cm³/mol. The van der Waals surface area contributed by atoms with Crippen LogP contribution in [0.25, 0.3) is 0 Å². The number of rotatable bonds is 26. The van der Waals surface area contributed by atoms with Gasteiger partial charge in [0.05, 0.1) is 6.42 Å². The first-order valence-electron chi connectivity index (χ1n) is 20.9. The molecule has 0 aliphatic heterocycles. The number of benzene rings is 2. The lowest BCUT2D eigenvalue weighted by molar-refractivity contribution is -0.140. The molecule has 0 saturated heterocycles. The smallest absolute Gasteiger partial charge is 0.451 e. The molecule has 19 nitrogen and oxygen atoms in total. The second-order valence-corrected chi connectivity index (χ2v) is 17.0. The Morgan fingerprint density at radius 2 is 1.21 bits per heavy atom. The van der Waals surface area contributed by atoms with Crippen molar-refractivity contribution in [1.82, 2.24) is 31.9 Å². The van der Waals surface area contributed by atoms with Crippen LogP contribution in [-0.4, -0.2) is 117 Å². The highest BCUT2D eigenvalue weighted by Gasteiger charge is 2.38. The van der Waals surface area contributed by atoms with Gasteiger partial charge in [-0.05, 0) is 72.7 Å². The van der Waals surface area contributed by atoms with Crippen molar-refractivity contribution in [3.63, 3.8) is 0 Å². The Hall–Kier alpha value is -6.02. The summed E-state index contributed by atoms with van der Waals surface area (Å²) in [4.78, 5) is 105. The van der Waals surface area contributed by atoms with Crippen LogP contribution in [0.2, 0.25) is 6.32 Å². The fourth-order valence-corrected chi connectivity index (χ4v) is 6.41. The van der Waals surface area contributed by atoms with Crippen molar-refractivity contribution in [3.8, 4) is 5.75 Å². The quantitative estimate of drug-likeness (QED) is 0.0459. The maximum absolute atomic E-state index is 14.3. The van der Waals surface area contributed by atoms with Crippen LogP contribution < -0.4 is 31.9 Å². The highest BCUT2D eigenvalue weighted by molar-refractivity contribution is 6.40. The fraction of sp³-hybridized carbons (Fsp3) is 0.535. The van der Waals surface area contributed by atoms with Crippen LogP contribution in [0.4, 0.5) is 0 Å². The van der Waals surface area contributed by atoms with Crippen molar-refractivity contribution in [1.29, 1.82) is 0 Å². The van der Waals surface area contributed by atoms with E-state index in [9.17, 15) is 48.6 Å². The summed E-state index contributed by atoms with van der Waals surface area (Å²) >= 11 is 0. The monoisotopic (exact) mass is 882 g/mol. The fourth-order valence-electron chi connectivity index (χ4n) is 6.41. The summed E-state index contributed by atoms with van der Waals surface area (Å²) in [5.74, 6) is -7.34. The number of aliphatic carboxylic acids is 2. The van der Waals surface area contributed by atoms with E-state index < -0.39 is 116 Å². The Morgan fingerprint density at radius 1 is 0.651 bits per heavy atom. The number of aromatic hydroxyl groups is 1. The van der Waals surface area contributed by atoms with Crippen molar-refractivity contribution in [2.45, 2.75) is 129 Å². The Bertz CT molecular complexity index is 1890. The molecule has 0 saturated carbocycles. The molecular formula is C43H63BN6O13. The summed E-state index contributed by atoms with van der Waals surface area (Å²) in [6.07, 6.45) is -1.77. The van der Waals surface area contributed by atoms with Crippen LogP contribution in [0.3, 0.4) is 0 Å². The summed E-state index contributed by atoms with van der Waals surface area (Å²) in [5, 5.41) is 62.4. The van der Waals surface area contributed by atoms with E-state index in [4.69, 9.17) is 15.2 Å². The van der Waals surface area contributed by atoms with Gasteiger partial charge in [-0.15, -0.1) is 0 Å². The summed E-state index contributed by atoms with van der Waals surface area (Å²) in [6.45, 7) is 10.7. The number of aryl methyl sites for hydroxylation is 1. The van der Waals surface area contributed by atoms with E-state index in [0.717, 1.165) is 5.56 Å². The molecular weight excluding hydrogens is 819 g/mol. The molecule has 20 heteroatoms. The van der Waals surface area contributed by atoms with E-state index in [0.29, 0.717) is 11.1 Å². The third-order valence-corrected chi connectivity index (χ3v) is 9.89. The molecule has 63 heavy (non-hydrogen) atoms. The number of carbonyl (C=O) groups is 8. The third-order valence-electron chi connectivity index (χ3n) is 9.89. The SMILES string of the molecule is Cc1ccccc1C[C@H](NC(=O)[C@H](CCC(=O)O)NC(=O)[C@H](Cc1ccc(O)cc1)NC(=O)CCC(=O)O)C(=O)N[C@H](C(=O)N[C@@H](CC(C)C)C(=O)NCCCB(O)O)C(C)(C)C. The van der Waals surface area contributed by atoms with Gasteiger partial charge in [-0.2, -0.15) is 0 Å². The van der Waals surface area contributed by atoms with Gasteiger partial charge in [-0.3, -0.25) is 38.4 Å². The number of hydrogen-bond acceptors (Lipinski definition) is 11. The number of carboxylic acids is 2. The number of phenolic OH excluding ortho intramolecular Hbond substituents is 1. The summed E-state index contributed by atoms with van der Waals surface area (Å²) in [5.41, 5.74) is 0.922. The van der Waals surface area contributed by atoms with Crippen LogP contribution in [0.1, 0.15) is 89.8 Å². The average molecular weight is 883 g/mol. The Balaban J connectivity index is 2.47. The number of hydrogen-bond donors (Lipinski definition) is 11. The van der Waals surface area contributed by atoms with E-state index in [1.807, 2.05) is 13.8 Å². The Kier molecular flexibility index (Phi) is 21.8. The molecule has 0 fully saturated rings. The molecule has 0 spiro atoms. The van der Waals surface area contributed by atoms with E-state index in [2.05, 4.69) is 31.9 Å². The van der Waals surface area contributed by atoms with Crippen molar-refractivity contribution < 1.29 is 63.7 Å². The number of amides is 6. The standard InChI is InChI=1S/C43H63BN6O13/c1-25(2)22-31(38(57)45-21-9-20-44(62)63)49-42(61)37(43(4,5)6)50-41(60)33(24-28-11-8-7-10-26(28)3)48-39(58)30(16-18-35(53)54)47-40(59)32(46-34(52)17-19-36(55)56)23-27-12-14-29(51)15-13-27/h7-8,10-15,25,30-33,37,51,62-63H,9,16-24H2,1-6H3,(H,45,57)(H,46,52)(H,47,59)(H,48,58)(H,49,61)(H,50,60)(H,53,54)(H,55,56)/t30-,31-,32-,33-,37+/m0/s1. The molecule has 0 aliphatic rings. The summed E-state index contributed by atoms with van der Waals surface area (Å²) in [7, 11) is -1.54. The minimum absolute atomic E-state index is 0.0302. The van der Waals surface area contributed by atoms with Gasteiger partial charge in [0, 0.05) is 32.2 Å². The molecule has 5 atom stereocenters. The van der Waals surface area contributed by atoms with E-state index in [1.165, 1.54) is 24.3 Å². The molecule has 0 aliphatic carbocycles. The topological polar surface area (TPSA) is 310 Å². The van der Waals surface area contributed by atoms with E-state index in [1.54, 1.807) is 52.0 Å². The average Bonchev–Trinajstić information content (AvgIpc) is 3.18. The zero-order valence-electron chi connectivity index (χ0n) is 36.7. The minimum atomic E-state index is -1.57. The first kappa shape index (κ1) is 53.1. The largest absolute Gasteiger partial charge is 0.508 e. The maximum atomic E-state index is 14.3. The van der Waals surface area contributed by atoms with Gasteiger partial charge in [0.2, 0.25) is 35.4 Å². The predicted octanol–water partition coefficient (Wildman–Crippen LogP) is 0.711. The van der Waals surface area contributed by atoms with E-state index >= 15 is 0 Å². The van der Waals surface area contributed by atoms with Gasteiger partial charge in [-0.25, -0.2) is 0 Å². The molecule has 2 rings (SSSR count). The zero-order valence-corrected chi connectivity index (χ0v) is 36.7. The Morgan fingerprint density at radius 3 is 1.78 bits per heavy atom. The van der Waals surface area contributed by atoms with Crippen LogP contribution in [0, 0.1) is 18.3 Å². The second-order valence-electron chi connectivity index (χ2n) is 17.0. The lowest BCUT2D eigenvalue weighted by Gasteiger charge is -2.33. The van der Waals surface area contributed by atoms with Gasteiger partial charge in [0.1, 0.15) is 36.0 Å². The van der Waals surface area contributed by atoms with Crippen molar-refractivity contribution in [2.75, 3.05) is 6.54 Å². The van der Waals surface area contributed by atoms with Crippen molar-refractivity contribution >= 4 is 54.5 Å². The Labute approximate surface area is 367 Å². The van der Waals surface area contributed by atoms with Crippen LogP contribution in [0.15, 0.2) is 48.5 Å². The van der Waals surface area contributed by atoms with Crippen LogP contribution in [-0.2, 0) is 51.2 Å². The molecule has 346 valence electrons. The van der Waals surface area contributed by atoms with Crippen LogP contribution in [0.5, 0.6) is 5.75 Å². The number of nitrogens with one attached hydrogen (secondary N) is 6. The van der Waals surface area contributed by atoms with Gasteiger partial charge >= 0.3 is 19.1 Å². The molecule has 0 heterocycles. The molecule has 0 bridgehead atoms. The molecule has 0 unspecified atom stereocenters. The van der Waals surface area contributed by atoms with Gasteiger partial charge in [0.25, 0.3) is 0 Å². The summed E-state index contributed by atoms with van der Waals surface area (Å²) < 4.78 is 0. The molecule has 11 N–H and O–H groups in total. The highest BCUT2D eigenvalue weighted by Crippen LogP contribution is 2.21. The normalized spacial score (nSPS) is 13.6. The molecule has 2 aromatic carbocycles. The lowest BCUT2D eigenvalue weighted by atomic mass is 9.84. The van der Waals surface area contributed by atoms with Crippen molar-refractivity contribution in [2.24, 2.45) is 11.3 Å². The molecule has 0 aromatic heterocycles. The first-order chi connectivity index (χ1) is 29.5. The van der Waals surface area contributed by atoms with Crippen LogP contribution >= 0.6 is 0 Å². The lowest BCUT2D eigenvalue weighted by Crippen LogP contribution is -2.62. The molecule has 0 radical (unpaired) electrons. The summed E-state index contributed by atoms with van der Waals surface area (Å²) in [6, 6.07) is 6.06. The second kappa shape index (κ2) is 25.8. The number of phenols is 1. The van der Waals surface area contributed by atoms with Gasteiger partial charge in [-0.1, -0.05) is 71.0 Å². The van der Waals surface area contributed by atoms with E-state index in [-0.39, 0.29) is 50.2 Å². The minimum Gasteiger partial charge on any atom is -0.508 e. The van der Waals surface area contributed by atoms with Crippen molar-refractivity contribution in [3.05, 3.63) is 65.2 Å². The van der Waals surface area contributed by atoms with Gasteiger partial charge < -0.3 is 57.3 Å². The number of carboxylic acid groups (broad SMARTS) is 2. The molecule has 6 amide bonds. The maximum Gasteiger partial charge on any atom is 0.451 e. The van der Waals surface area contributed by atoms with Gasteiger partial charge in [0.15, 0.2) is 0 Å².